The Morgan fingerprint density at radius 2 is 1.89 bits per heavy atom. The van der Waals surface area contributed by atoms with E-state index in [2.05, 4.69) is 11.9 Å². The van der Waals surface area contributed by atoms with Gasteiger partial charge >= 0.3 is 6.23 Å². The molecule has 7 heteroatoms. The summed E-state index contributed by atoms with van der Waals surface area (Å²) in [5.74, 6) is 1.19. The van der Waals surface area contributed by atoms with Crippen molar-refractivity contribution >= 4 is 34.2 Å². The third kappa shape index (κ3) is 2.89. The van der Waals surface area contributed by atoms with E-state index in [1.165, 1.54) is 0 Å². The molecule has 1 N–H and O–H groups in total. The van der Waals surface area contributed by atoms with E-state index < -0.39 is 11.0 Å². The Labute approximate surface area is 174 Å². The van der Waals surface area contributed by atoms with E-state index >= 15 is 0 Å². The number of piperidine rings is 1. The SMILES string of the molecule is C=CC1C2Oc3cc(Cl)c(Cl)cc3C(C3CCNCC3)[N+]12S(=O)C(C)(C)C. The topological polar surface area (TPSA) is 38.3 Å². The molecule has 3 aliphatic heterocycles. The molecule has 2 saturated heterocycles. The van der Waals surface area contributed by atoms with Gasteiger partial charge in [-0.25, -0.2) is 0 Å². The second kappa shape index (κ2) is 6.74. The van der Waals surface area contributed by atoms with Gasteiger partial charge in [-0.1, -0.05) is 29.8 Å². The van der Waals surface area contributed by atoms with Gasteiger partial charge in [0.1, 0.15) is 11.8 Å². The molecular weight excluding hydrogens is 403 g/mol. The standard InChI is InChI=1S/C20H27Cl2N2O2S/c1-5-16-19-24(16,27(25)20(2,3)4)18(12-6-8-23-9-7-12)13-10-14(21)15(22)11-17(13)26-19/h5,10-12,16,18-19,23H,1,6-9H2,2-4H3/q+1. The minimum absolute atomic E-state index is 0.00916. The summed E-state index contributed by atoms with van der Waals surface area (Å²) in [4.78, 5) is 0. The molecule has 4 nitrogen and oxygen atoms in total. The fraction of sp³-hybridized carbons (Fsp3) is 0.600. The molecule has 3 aliphatic rings. The van der Waals surface area contributed by atoms with Gasteiger partial charge in [0.25, 0.3) is 0 Å². The number of nitrogens with one attached hydrogen (secondary N) is 1. The first kappa shape index (κ1) is 19.7. The van der Waals surface area contributed by atoms with Gasteiger partial charge in [-0.3, -0.25) is 0 Å². The molecule has 0 spiro atoms. The molecule has 5 unspecified atom stereocenters. The number of hydrogen-bond donors (Lipinski definition) is 1. The lowest BCUT2D eigenvalue weighted by Crippen LogP contribution is -2.51. The Morgan fingerprint density at radius 1 is 1.26 bits per heavy atom. The molecule has 0 aromatic heterocycles. The summed E-state index contributed by atoms with van der Waals surface area (Å²) in [5, 5.41) is 4.46. The molecule has 0 amide bonds. The fourth-order valence-corrected chi connectivity index (χ4v) is 7.34. The number of nitrogens with zero attached hydrogens (tertiary/aromatic N) is 1. The average Bonchev–Trinajstić information content (AvgIpc) is 3.27. The first-order valence-electron chi connectivity index (χ1n) is 9.52. The molecule has 4 rings (SSSR count). The summed E-state index contributed by atoms with van der Waals surface area (Å²) < 4.78 is 20.2. The Kier molecular flexibility index (Phi) is 4.92. The zero-order chi connectivity index (χ0) is 19.6. The van der Waals surface area contributed by atoms with Crippen LogP contribution in [-0.2, 0) is 11.0 Å². The lowest BCUT2D eigenvalue weighted by Gasteiger charge is -2.41. The maximum Gasteiger partial charge on any atom is 0.304 e. The van der Waals surface area contributed by atoms with Crippen LogP contribution in [0.25, 0.3) is 0 Å². The van der Waals surface area contributed by atoms with Crippen molar-refractivity contribution in [2.75, 3.05) is 13.1 Å². The monoisotopic (exact) mass is 429 g/mol. The first-order valence-corrected chi connectivity index (χ1v) is 11.4. The zero-order valence-electron chi connectivity index (χ0n) is 16.0. The molecule has 2 fully saturated rings. The number of hydrogen-bond acceptors (Lipinski definition) is 3. The number of quaternary nitrogens is 1. The summed E-state index contributed by atoms with van der Waals surface area (Å²) in [7, 11) is -1.15. The number of fused-ring (bicyclic) bond motifs is 2. The van der Waals surface area contributed by atoms with E-state index in [1.807, 2.05) is 39.0 Å². The minimum Gasteiger partial charge on any atom is -0.435 e. The molecule has 27 heavy (non-hydrogen) atoms. The van der Waals surface area contributed by atoms with E-state index in [0.29, 0.717) is 19.9 Å². The summed E-state index contributed by atoms with van der Waals surface area (Å²) in [6.07, 6.45) is 3.83. The number of ether oxygens (including phenoxy) is 1. The summed E-state index contributed by atoms with van der Waals surface area (Å²) >= 11 is 12.7. The van der Waals surface area contributed by atoms with Crippen LogP contribution in [0, 0.1) is 5.92 Å². The minimum atomic E-state index is -1.15. The first-order chi connectivity index (χ1) is 12.7. The van der Waals surface area contributed by atoms with Gasteiger partial charge in [-0.15, -0.1) is 0 Å². The molecule has 3 heterocycles. The zero-order valence-corrected chi connectivity index (χ0v) is 18.3. The average molecular weight is 430 g/mol. The quantitative estimate of drug-likeness (QED) is 0.433. The highest BCUT2D eigenvalue weighted by atomic mass is 35.5. The Balaban J connectivity index is 1.90. The van der Waals surface area contributed by atoms with Gasteiger partial charge < -0.3 is 10.1 Å². The molecule has 0 radical (unpaired) electrons. The maximum atomic E-state index is 13.8. The molecule has 0 saturated carbocycles. The van der Waals surface area contributed by atoms with E-state index in [0.717, 1.165) is 37.2 Å². The van der Waals surface area contributed by atoms with Crippen LogP contribution in [-0.4, -0.2) is 38.2 Å². The second-order valence-corrected chi connectivity index (χ2v) is 11.9. The molecule has 0 bridgehead atoms. The summed E-state index contributed by atoms with van der Waals surface area (Å²) in [6.45, 7) is 12.1. The van der Waals surface area contributed by atoms with Crippen LogP contribution >= 0.6 is 23.2 Å². The Morgan fingerprint density at radius 3 is 2.48 bits per heavy atom. The van der Waals surface area contributed by atoms with Gasteiger partial charge in [0.05, 0.1) is 20.4 Å². The molecule has 1 aromatic rings. The summed E-state index contributed by atoms with van der Waals surface area (Å²) in [5.41, 5.74) is 1.04. The lowest BCUT2D eigenvalue weighted by molar-refractivity contribution is -0.748. The predicted molar refractivity (Wildman–Crippen MR) is 111 cm³/mol. The van der Waals surface area contributed by atoms with Crippen LogP contribution in [0.3, 0.4) is 0 Å². The van der Waals surface area contributed by atoms with Crippen molar-refractivity contribution in [2.45, 2.75) is 56.7 Å². The van der Waals surface area contributed by atoms with Crippen molar-refractivity contribution in [3.8, 4) is 5.75 Å². The number of benzene rings is 1. The highest BCUT2D eigenvalue weighted by Crippen LogP contribution is 2.62. The Bertz CT molecular complexity index is 804. The molecule has 0 aliphatic carbocycles. The van der Waals surface area contributed by atoms with Crippen LogP contribution < -0.4 is 10.1 Å². The van der Waals surface area contributed by atoms with Crippen molar-refractivity contribution in [1.82, 2.24) is 5.32 Å². The van der Waals surface area contributed by atoms with Crippen molar-refractivity contribution in [3.05, 3.63) is 40.4 Å². The van der Waals surface area contributed by atoms with Crippen LogP contribution in [0.5, 0.6) is 5.75 Å². The predicted octanol–water partition coefficient (Wildman–Crippen LogP) is 4.60. The van der Waals surface area contributed by atoms with Gasteiger partial charge in [-0.05, 0) is 58.8 Å². The number of halogens is 2. The Hall–Kier alpha value is -0.590. The maximum absolute atomic E-state index is 13.8. The molecular formula is C20H27Cl2N2O2S+. The van der Waals surface area contributed by atoms with Crippen molar-refractivity contribution in [2.24, 2.45) is 5.92 Å². The second-order valence-electron chi connectivity index (χ2n) is 8.70. The van der Waals surface area contributed by atoms with Crippen LogP contribution in [0.2, 0.25) is 10.0 Å². The van der Waals surface area contributed by atoms with E-state index in [-0.39, 0.29) is 23.1 Å². The van der Waals surface area contributed by atoms with Crippen molar-refractivity contribution < 1.29 is 12.8 Å². The van der Waals surface area contributed by atoms with Gasteiger partial charge in [0.2, 0.25) is 17.0 Å². The smallest absolute Gasteiger partial charge is 0.304 e. The largest absolute Gasteiger partial charge is 0.435 e. The number of rotatable bonds is 3. The van der Waals surface area contributed by atoms with Gasteiger partial charge in [0.15, 0.2) is 0 Å². The van der Waals surface area contributed by atoms with Gasteiger partial charge in [0, 0.05) is 12.0 Å². The van der Waals surface area contributed by atoms with Gasteiger partial charge in [-0.2, -0.15) is 8.10 Å². The highest BCUT2D eigenvalue weighted by Gasteiger charge is 2.79. The van der Waals surface area contributed by atoms with E-state index in [9.17, 15) is 4.21 Å². The molecule has 1 aromatic carbocycles. The highest BCUT2D eigenvalue weighted by molar-refractivity contribution is 7.81. The lowest BCUT2D eigenvalue weighted by atomic mass is 9.85. The van der Waals surface area contributed by atoms with Crippen molar-refractivity contribution in [3.63, 3.8) is 0 Å². The van der Waals surface area contributed by atoms with Crippen LogP contribution in [0.15, 0.2) is 24.8 Å². The van der Waals surface area contributed by atoms with Crippen LogP contribution in [0.1, 0.15) is 45.2 Å². The third-order valence-corrected chi connectivity index (χ3v) is 9.03. The summed E-state index contributed by atoms with van der Waals surface area (Å²) in [6, 6.07) is 3.83. The normalized spacial score (nSPS) is 34.2. The van der Waals surface area contributed by atoms with Crippen molar-refractivity contribution in [1.29, 1.82) is 0 Å². The van der Waals surface area contributed by atoms with E-state index in [4.69, 9.17) is 27.9 Å². The third-order valence-electron chi connectivity index (χ3n) is 6.00. The van der Waals surface area contributed by atoms with Crippen LogP contribution in [0.4, 0.5) is 0 Å². The fourth-order valence-electron chi connectivity index (χ4n) is 4.86. The molecule has 148 valence electrons. The van der Waals surface area contributed by atoms with E-state index in [1.54, 1.807) is 0 Å². The molecule has 5 atom stereocenters.